The highest BCUT2D eigenvalue weighted by molar-refractivity contribution is 5.13. The average molecular weight is 289 g/mol. The van der Waals surface area contributed by atoms with Gasteiger partial charge in [-0.2, -0.15) is 4.98 Å². The van der Waals surface area contributed by atoms with Crippen LogP contribution in [0.2, 0.25) is 0 Å². The molecule has 1 aromatic heterocycles. The van der Waals surface area contributed by atoms with Gasteiger partial charge in [-0.25, -0.2) is 0 Å². The molecule has 114 valence electrons. The number of hydrogen-bond acceptors (Lipinski definition) is 5. The van der Waals surface area contributed by atoms with Crippen LogP contribution in [0.25, 0.3) is 0 Å². The highest BCUT2D eigenvalue weighted by Gasteiger charge is 2.56. The van der Waals surface area contributed by atoms with Crippen LogP contribution in [-0.2, 0) is 6.54 Å². The van der Waals surface area contributed by atoms with E-state index in [2.05, 4.69) is 15.5 Å². The van der Waals surface area contributed by atoms with E-state index in [9.17, 15) is 5.11 Å². The van der Waals surface area contributed by atoms with E-state index in [0.29, 0.717) is 24.3 Å². The molecule has 0 saturated heterocycles. The number of nitrogens with zero attached hydrogens (tertiary/aromatic N) is 2. The molecule has 5 aliphatic carbocycles. The van der Waals surface area contributed by atoms with Gasteiger partial charge in [-0.15, -0.1) is 0 Å². The van der Waals surface area contributed by atoms with Crippen molar-refractivity contribution < 1.29 is 9.63 Å². The van der Waals surface area contributed by atoms with Crippen molar-refractivity contribution >= 4 is 0 Å². The monoisotopic (exact) mass is 289 g/mol. The van der Waals surface area contributed by atoms with Gasteiger partial charge in [-0.3, -0.25) is 0 Å². The quantitative estimate of drug-likeness (QED) is 0.888. The topological polar surface area (TPSA) is 71.2 Å². The second-order valence-electron chi connectivity index (χ2n) is 8.14. The van der Waals surface area contributed by atoms with Gasteiger partial charge in [0, 0.05) is 11.5 Å². The van der Waals surface area contributed by atoms with Crippen LogP contribution in [0.4, 0.5) is 0 Å². The summed E-state index contributed by atoms with van der Waals surface area (Å²) in [5.74, 6) is 3.52. The number of rotatable bonds is 4. The molecule has 0 spiro atoms. The maximum absolute atomic E-state index is 10.8. The first-order chi connectivity index (χ1) is 10.1. The van der Waals surface area contributed by atoms with Crippen LogP contribution in [0.15, 0.2) is 4.52 Å². The summed E-state index contributed by atoms with van der Waals surface area (Å²) in [5, 5.41) is 18.6. The lowest BCUT2D eigenvalue weighted by molar-refractivity contribution is -0.142. The molecule has 4 bridgehead atoms. The number of aliphatic hydroxyl groups is 1. The highest BCUT2D eigenvalue weighted by atomic mass is 16.5. The van der Waals surface area contributed by atoms with Crippen molar-refractivity contribution in [2.45, 2.75) is 75.0 Å². The zero-order chi connectivity index (χ0) is 14.1. The van der Waals surface area contributed by atoms with Crippen LogP contribution in [-0.4, -0.2) is 26.4 Å². The molecule has 2 unspecified atom stereocenters. The van der Waals surface area contributed by atoms with Crippen molar-refractivity contribution in [2.75, 3.05) is 0 Å². The molecule has 5 saturated carbocycles. The molecular formula is C16H23N3O2. The van der Waals surface area contributed by atoms with Crippen LogP contribution < -0.4 is 5.32 Å². The standard InChI is InChI=1S/C16H23N3O2/c20-16-6-10-3-11(7-16)5-15(4-10,9-16)17-8-13-18-14(21-19-13)12-1-2-12/h10-12,17,20H,1-9H2. The molecule has 5 heteroatoms. The smallest absolute Gasteiger partial charge is 0.229 e. The van der Waals surface area contributed by atoms with E-state index in [1.165, 1.54) is 32.1 Å². The maximum Gasteiger partial charge on any atom is 0.229 e. The minimum absolute atomic E-state index is 0.110. The molecule has 5 aliphatic rings. The van der Waals surface area contributed by atoms with Gasteiger partial charge < -0.3 is 14.9 Å². The van der Waals surface area contributed by atoms with Crippen molar-refractivity contribution in [3.05, 3.63) is 11.7 Å². The van der Waals surface area contributed by atoms with Gasteiger partial charge in [0.1, 0.15) is 0 Å². The van der Waals surface area contributed by atoms with Crippen molar-refractivity contribution in [2.24, 2.45) is 11.8 Å². The van der Waals surface area contributed by atoms with Gasteiger partial charge in [0.25, 0.3) is 0 Å². The Labute approximate surface area is 124 Å². The van der Waals surface area contributed by atoms with Gasteiger partial charge in [0.2, 0.25) is 5.89 Å². The van der Waals surface area contributed by atoms with E-state index in [4.69, 9.17) is 4.52 Å². The fraction of sp³-hybridized carbons (Fsp3) is 0.875. The first-order valence-corrected chi connectivity index (χ1v) is 8.41. The summed E-state index contributed by atoms with van der Waals surface area (Å²) in [6.07, 6.45) is 9.05. The highest BCUT2D eigenvalue weighted by Crippen LogP contribution is 2.57. The SMILES string of the molecule is OC12CC3CC(C1)CC(NCc1noc(C4CC4)n1)(C3)C2. The molecule has 1 aromatic rings. The number of aromatic nitrogens is 2. The minimum atomic E-state index is -0.409. The largest absolute Gasteiger partial charge is 0.390 e. The second-order valence-corrected chi connectivity index (χ2v) is 8.14. The molecule has 21 heavy (non-hydrogen) atoms. The lowest BCUT2D eigenvalue weighted by Gasteiger charge is -2.60. The molecule has 2 atom stereocenters. The van der Waals surface area contributed by atoms with Crippen molar-refractivity contribution in [1.29, 1.82) is 0 Å². The van der Waals surface area contributed by atoms with E-state index in [1.807, 2.05) is 0 Å². The first-order valence-electron chi connectivity index (χ1n) is 8.41. The summed E-state index contributed by atoms with van der Waals surface area (Å²) in [7, 11) is 0. The van der Waals surface area contributed by atoms with Gasteiger partial charge in [-0.1, -0.05) is 5.16 Å². The van der Waals surface area contributed by atoms with Crippen LogP contribution in [0.5, 0.6) is 0 Å². The summed E-state index contributed by atoms with van der Waals surface area (Å²) < 4.78 is 5.33. The Kier molecular flexibility index (Phi) is 2.44. The van der Waals surface area contributed by atoms with Crippen molar-refractivity contribution in [3.8, 4) is 0 Å². The third-order valence-electron chi connectivity index (χ3n) is 6.06. The predicted molar refractivity (Wildman–Crippen MR) is 75.5 cm³/mol. The second kappa shape index (κ2) is 4.07. The van der Waals surface area contributed by atoms with Crippen LogP contribution in [0.1, 0.15) is 69.0 Å². The molecule has 0 radical (unpaired) electrons. The van der Waals surface area contributed by atoms with Gasteiger partial charge in [0.15, 0.2) is 5.82 Å². The lowest BCUT2D eigenvalue weighted by Crippen LogP contribution is -2.64. The predicted octanol–water partition coefficient (Wildman–Crippen LogP) is 2.12. The van der Waals surface area contributed by atoms with Crippen LogP contribution in [0.3, 0.4) is 0 Å². The molecule has 0 aromatic carbocycles. The van der Waals surface area contributed by atoms with Crippen LogP contribution in [0, 0.1) is 11.8 Å². The first kappa shape index (κ1) is 12.6. The molecule has 6 rings (SSSR count). The van der Waals surface area contributed by atoms with E-state index in [0.717, 1.165) is 31.0 Å². The van der Waals surface area contributed by atoms with E-state index in [-0.39, 0.29) is 5.54 Å². The number of nitrogens with one attached hydrogen (secondary N) is 1. The summed E-state index contributed by atoms with van der Waals surface area (Å²) in [6.45, 7) is 0.672. The zero-order valence-electron chi connectivity index (χ0n) is 12.3. The minimum Gasteiger partial charge on any atom is -0.390 e. The Bertz CT molecular complexity index is 552. The molecule has 5 nitrogen and oxygen atoms in total. The zero-order valence-corrected chi connectivity index (χ0v) is 12.3. The summed E-state index contributed by atoms with van der Waals surface area (Å²) in [6, 6.07) is 0. The molecular weight excluding hydrogens is 266 g/mol. The van der Waals surface area contributed by atoms with Crippen molar-refractivity contribution in [3.63, 3.8) is 0 Å². The fourth-order valence-electron chi connectivity index (χ4n) is 5.52. The Balaban J connectivity index is 1.31. The lowest BCUT2D eigenvalue weighted by atomic mass is 9.51. The van der Waals surface area contributed by atoms with E-state index < -0.39 is 5.60 Å². The fourth-order valence-corrected chi connectivity index (χ4v) is 5.52. The number of hydrogen-bond donors (Lipinski definition) is 2. The van der Waals surface area contributed by atoms with Crippen LogP contribution >= 0.6 is 0 Å². The van der Waals surface area contributed by atoms with E-state index in [1.54, 1.807) is 0 Å². The third-order valence-corrected chi connectivity index (χ3v) is 6.06. The Morgan fingerprint density at radius 1 is 1.19 bits per heavy atom. The summed E-state index contributed by atoms with van der Waals surface area (Å²) in [5.41, 5.74) is -0.299. The molecule has 1 heterocycles. The third kappa shape index (κ3) is 2.13. The molecule has 0 amide bonds. The normalized spacial score (nSPS) is 44.4. The maximum atomic E-state index is 10.8. The summed E-state index contributed by atoms with van der Waals surface area (Å²) >= 11 is 0. The van der Waals surface area contributed by atoms with Gasteiger partial charge in [-0.05, 0) is 63.2 Å². The molecule has 2 N–H and O–H groups in total. The Morgan fingerprint density at radius 2 is 1.95 bits per heavy atom. The summed E-state index contributed by atoms with van der Waals surface area (Å²) in [4.78, 5) is 4.50. The molecule has 0 aliphatic heterocycles. The average Bonchev–Trinajstić information content (AvgIpc) is 3.13. The van der Waals surface area contributed by atoms with Crippen molar-refractivity contribution in [1.82, 2.24) is 15.5 Å². The van der Waals surface area contributed by atoms with E-state index >= 15 is 0 Å². The van der Waals surface area contributed by atoms with Gasteiger partial charge >= 0.3 is 0 Å². The molecule has 5 fully saturated rings. The Morgan fingerprint density at radius 3 is 2.62 bits per heavy atom. The Hall–Kier alpha value is -0.940. The van der Waals surface area contributed by atoms with Gasteiger partial charge in [0.05, 0.1) is 12.1 Å².